The summed E-state index contributed by atoms with van der Waals surface area (Å²) in [6.07, 6.45) is -2.04. The van der Waals surface area contributed by atoms with Gasteiger partial charge in [0.25, 0.3) is 0 Å². The van der Waals surface area contributed by atoms with Crippen molar-refractivity contribution in [2.75, 3.05) is 53.4 Å². The van der Waals surface area contributed by atoms with Crippen molar-refractivity contribution in [2.45, 2.75) is 73.2 Å². The number of carbonyl (C=O) groups excluding carboxylic acids is 3. The molecule has 276 valence electrons. The molecule has 2 aliphatic rings. The van der Waals surface area contributed by atoms with Crippen LogP contribution in [0.15, 0.2) is 48.5 Å². The lowest BCUT2D eigenvalue weighted by Gasteiger charge is -2.31. The first-order valence-electron chi connectivity index (χ1n) is 16.7. The third-order valence-corrected chi connectivity index (χ3v) is 7.37. The van der Waals surface area contributed by atoms with Crippen molar-refractivity contribution in [1.82, 2.24) is 20.0 Å². The van der Waals surface area contributed by atoms with Gasteiger partial charge in [-0.15, -0.1) is 13.2 Å². The van der Waals surface area contributed by atoms with E-state index in [1.54, 1.807) is 6.92 Å². The van der Waals surface area contributed by atoms with Crippen LogP contribution in [0.3, 0.4) is 0 Å². The maximum Gasteiger partial charge on any atom is 0.573 e. The number of nitrogens with zero attached hydrogens (tertiary/aromatic N) is 3. The second-order valence-corrected chi connectivity index (χ2v) is 11.2. The Morgan fingerprint density at radius 2 is 1.47 bits per heavy atom. The summed E-state index contributed by atoms with van der Waals surface area (Å²) in [6.45, 7) is 17.1. The minimum Gasteiger partial charge on any atom is -0.480 e. The predicted molar refractivity (Wildman–Crippen MR) is 186 cm³/mol. The SMILES string of the molecule is CC.CC.CC(=O)N1CCN(C)CC1.Cc1ccc(C[C@H](NC(=O)C2CCCN(C)C2)C(=O)O)cc1.O=Cc1ccc(OC(F)(F)F)cc1. The molecule has 10 nitrogen and oxygen atoms in total. The molecule has 2 heterocycles. The number of ether oxygens (including phenoxy) is 1. The molecule has 0 aromatic heterocycles. The van der Waals surface area contributed by atoms with Gasteiger partial charge in [0.05, 0.1) is 5.92 Å². The molecular weight excluding hydrogens is 641 g/mol. The van der Waals surface area contributed by atoms with Gasteiger partial charge in [0, 0.05) is 51.6 Å². The van der Waals surface area contributed by atoms with Crippen molar-refractivity contribution in [3.8, 4) is 5.75 Å². The number of benzene rings is 2. The van der Waals surface area contributed by atoms with Crippen molar-refractivity contribution in [3.05, 3.63) is 65.2 Å². The van der Waals surface area contributed by atoms with Crippen LogP contribution >= 0.6 is 0 Å². The minimum atomic E-state index is -4.69. The molecular formula is C36H55F3N4O6. The summed E-state index contributed by atoms with van der Waals surface area (Å²) < 4.78 is 38.5. The quantitative estimate of drug-likeness (QED) is 0.355. The number of halogens is 3. The lowest BCUT2D eigenvalue weighted by molar-refractivity contribution is -0.274. The van der Waals surface area contributed by atoms with Gasteiger partial charge in [-0.25, -0.2) is 4.79 Å². The number of carbonyl (C=O) groups is 4. The van der Waals surface area contributed by atoms with E-state index in [1.807, 2.05) is 70.8 Å². The van der Waals surface area contributed by atoms with Crippen LogP contribution in [0.2, 0.25) is 0 Å². The number of aldehydes is 1. The van der Waals surface area contributed by atoms with E-state index in [2.05, 4.69) is 26.9 Å². The van der Waals surface area contributed by atoms with Crippen LogP contribution in [0.5, 0.6) is 5.75 Å². The molecule has 0 aliphatic carbocycles. The number of aryl methyl sites for hydroxylation is 1. The zero-order chi connectivity index (χ0) is 37.6. The highest BCUT2D eigenvalue weighted by Crippen LogP contribution is 2.22. The Morgan fingerprint density at radius 1 is 0.918 bits per heavy atom. The highest BCUT2D eigenvalue weighted by Gasteiger charge is 2.31. The molecule has 2 aromatic carbocycles. The molecule has 0 radical (unpaired) electrons. The van der Waals surface area contributed by atoms with E-state index >= 15 is 0 Å². The standard InChI is InChI=1S/C17H24N2O3.C8H5F3O2.C7H14N2O.2C2H6/c1-12-5-7-13(8-6-12)10-15(17(21)22)18-16(20)14-4-3-9-19(2)11-14;9-8(10,11)13-7-3-1-6(5-12)2-4-7;1-7(10)9-5-3-8(2)4-6-9;2*1-2/h5-8,14-15H,3-4,9-11H2,1-2H3,(H,18,20)(H,21,22);1-5H;3-6H2,1-2H3;2*1-2H3/t14?,15-;;;;/m0..../s1. The minimum absolute atomic E-state index is 0.112. The topological polar surface area (TPSA) is 119 Å². The molecule has 49 heavy (non-hydrogen) atoms. The van der Waals surface area contributed by atoms with E-state index in [4.69, 9.17) is 0 Å². The van der Waals surface area contributed by atoms with Gasteiger partial charge in [-0.05, 0) is 70.2 Å². The fourth-order valence-electron chi connectivity index (χ4n) is 4.70. The summed E-state index contributed by atoms with van der Waals surface area (Å²) in [5.74, 6) is -1.38. The van der Waals surface area contributed by atoms with Gasteiger partial charge in [-0.3, -0.25) is 14.4 Å². The monoisotopic (exact) mass is 696 g/mol. The number of amides is 2. The molecule has 0 spiro atoms. The van der Waals surface area contributed by atoms with Crippen molar-refractivity contribution in [3.63, 3.8) is 0 Å². The van der Waals surface area contributed by atoms with E-state index < -0.39 is 18.4 Å². The zero-order valence-electron chi connectivity index (χ0n) is 30.2. The van der Waals surface area contributed by atoms with Crippen LogP contribution in [0.1, 0.15) is 68.9 Å². The van der Waals surface area contributed by atoms with E-state index in [9.17, 15) is 37.5 Å². The summed E-state index contributed by atoms with van der Waals surface area (Å²) in [7, 11) is 4.07. The van der Waals surface area contributed by atoms with Crippen LogP contribution in [0, 0.1) is 12.8 Å². The van der Waals surface area contributed by atoms with E-state index in [0.717, 1.165) is 68.8 Å². The van der Waals surface area contributed by atoms with Gasteiger partial charge in [0.15, 0.2) is 0 Å². The number of hydrogen-bond donors (Lipinski definition) is 2. The molecule has 0 bridgehead atoms. The van der Waals surface area contributed by atoms with Crippen LogP contribution in [0.4, 0.5) is 13.2 Å². The van der Waals surface area contributed by atoms with Crippen LogP contribution < -0.4 is 10.1 Å². The third kappa shape index (κ3) is 19.6. The van der Waals surface area contributed by atoms with Crippen LogP contribution in [0.25, 0.3) is 0 Å². The fourth-order valence-corrected chi connectivity index (χ4v) is 4.70. The first kappa shape index (κ1) is 45.0. The molecule has 2 N–H and O–H groups in total. The fraction of sp³-hybridized carbons (Fsp3) is 0.556. The molecule has 4 rings (SSSR count). The molecule has 2 atom stereocenters. The maximum atomic E-state index is 12.3. The number of rotatable bonds is 7. The number of piperazine rings is 1. The smallest absolute Gasteiger partial charge is 0.480 e. The van der Waals surface area contributed by atoms with Gasteiger partial charge in [-0.1, -0.05) is 57.5 Å². The first-order chi connectivity index (χ1) is 23.2. The Bertz CT molecular complexity index is 1230. The highest BCUT2D eigenvalue weighted by atomic mass is 19.4. The van der Waals surface area contributed by atoms with Crippen molar-refractivity contribution in [1.29, 1.82) is 0 Å². The molecule has 2 saturated heterocycles. The van der Waals surface area contributed by atoms with Gasteiger partial charge in [-0.2, -0.15) is 0 Å². The second-order valence-electron chi connectivity index (χ2n) is 11.2. The van der Waals surface area contributed by atoms with Crippen LogP contribution in [-0.2, 0) is 20.8 Å². The third-order valence-electron chi connectivity index (χ3n) is 7.37. The van der Waals surface area contributed by atoms with E-state index in [1.165, 1.54) is 12.1 Å². The molecule has 1 unspecified atom stereocenters. The van der Waals surface area contributed by atoms with Gasteiger partial charge in [0.1, 0.15) is 18.1 Å². The number of aliphatic carboxylic acids is 1. The number of likely N-dealkylation sites (tertiary alicyclic amines) is 1. The highest BCUT2D eigenvalue weighted by molar-refractivity contribution is 5.85. The number of likely N-dealkylation sites (N-methyl/N-ethyl adjacent to an activating group) is 1. The predicted octanol–water partition coefficient (Wildman–Crippen LogP) is 5.68. The van der Waals surface area contributed by atoms with E-state index in [0.29, 0.717) is 24.8 Å². The van der Waals surface area contributed by atoms with Crippen molar-refractivity contribution in [2.24, 2.45) is 5.92 Å². The number of nitrogens with one attached hydrogen (secondary N) is 1. The number of carboxylic acid groups (broad SMARTS) is 1. The molecule has 2 aromatic rings. The Labute approximate surface area is 289 Å². The Morgan fingerprint density at radius 3 is 1.92 bits per heavy atom. The lowest BCUT2D eigenvalue weighted by atomic mass is 9.96. The molecule has 2 amide bonds. The van der Waals surface area contributed by atoms with Gasteiger partial charge >= 0.3 is 12.3 Å². The lowest BCUT2D eigenvalue weighted by Crippen LogP contribution is -2.48. The average molecular weight is 697 g/mol. The second kappa shape index (κ2) is 24.2. The number of piperidine rings is 1. The molecule has 2 aliphatic heterocycles. The number of hydrogen-bond acceptors (Lipinski definition) is 7. The molecule has 0 saturated carbocycles. The van der Waals surface area contributed by atoms with Crippen LogP contribution in [-0.4, -0.2) is 110 Å². The molecule has 13 heteroatoms. The Balaban J connectivity index is 0.000000726. The molecule has 2 fully saturated rings. The maximum absolute atomic E-state index is 12.3. The summed E-state index contributed by atoms with van der Waals surface area (Å²) in [6, 6.07) is 11.5. The van der Waals surface area contributed by atoms with Crippen molar-refractivity contribution >= 4 is 24.1 Å². The van der Waals surface area contributed by atoms with Crippen molar-refractivity contribution < 1.29 is 42.2 Å². The first-order valence-corrected chi connectivity index (χ1v) is 16.7. The average Bonchev–Trinajstić information content (AvgIpc) is 3.07. The summed E-state index contributed by atoms with van der Waals surface area (Å²) in [4.78, 5) is 50.9. The number of carboxylic acids is 1. The largest absolute Gasteiger partial charge is 0.573 e. The summed E-state index contributed by atoms with van der Waals surface area (Å²) in [5, 5.41) is 12.1. The normalized spacial score (nSPS) is 16.6. The van der Waals surface area contributed by atoms with E-state index in [-0.39, 0.29) is 23.5 Å². The Kier molecular flexibility index (Phi) is 22.2. The Hall–Kier alpha value is -3.97. The number of alkyl halides is 3. The summed E-state index contributed by atoms with van der Waals surface area (Å²) in [5.41, 5.74) is 2.35. The zero-order valence-corrected chi connectivity index (χ0v) is 30.2. The summed E-state index contributed by atoms with van der Waals surface area (Å²) >= 11 is 0. The van der Waals surface area contributed by atoms with Gasteiger partial charge in [0.2, 0.25) is 11.8 Å². The van der Waals surface area contributed by atoms with Gasteiger partial charge < -0.3 is 29.9 Å².